The minimum atomic E-state index is -0.446. The Bertz CT molecular complexity index is 1290. The van der Waals surface area contributed by atoms with E-state index >= 15 is 0 Å². The van der Waals surface area contributed by atoms with Crippen LogP contribution < -0.4 is 15.6 Å². The van der Waals surface area contributed by atoms with Crippen molar-refractivity contribution < 1.29 is 19.1 Å². The van der Waals surface area contributed by atoms with Crippen LogP contribution >= 0.6 is 0 Å². The molecule has 3 N–H and O–H groups in total. The highest BCUT2D eigenvalue weighted by molar-refractivity contribution is 5.92. The first-order valence-corrected chi connectivity index (χ1v) is 9.45. The van der Waals surface area contributed by atoms with Crippen LogP contribution in [0.5, 0.6) is 11.5 Å². The van der Waals surface area contributed by atoms with Gasteiger partial charge in [0.25, 0.3) is 11.5 Å². The molecule has 0 radical (unpaired) electrons. The molecule has 158 valence electrons. The van der Waals surface area contributed by atoms with Gasteiger partial charge in [0.1, 0.15) is 17.1 Å². The van der Waals surface area contributed by atoms with Crippen molar-refractivity contribution in [3.63, 3.8) is 0 Å². The number of aromatic nitrogens is 3. The number of carbonyl (C=O) groups excluding carboxylic acids is 1. The number of aromatic hydroxyl groups is 1. The monoisotopic (exact) mass is 420 g/mol. The van der Waals surface area contributed by atoms with Gasteiger partial charge in [0.15, 0.2) is 11.5 Å². The van der Waals surface area contributed by atoms with Crippen LogP contribution in [0, 0.1) is 6.92 Å². The maximum atomic E-state index is 12.5. The predicted molar refractivity (Wildman–Crippen MR) is 112 cm³/mol. The Balaban J connectivity index is 1.48. The summed E-state index contributed by atoms with van der Waals surface area (Å²) in [5.74, 6) is 0.704. The van der Waals surface area contributed by atoms with Crippen molar-refractivity contribution in [2.24, 2.45) is 0 Å². The number of benzene rings is 2. The average molecular weight is 420 g/mol. The number of para-hydroxylation sites is 1. The van der Waals surface area contributed by atoms with E-state index in [4.69, 9.17) is 9.15 Å². The molecule has 4 rings (SSSR count). The molecule has 9 heteroatoms. The molecule has 2 heterocycles. The number of oxazole rings is 1. The molecule has 0 atom stereocenters. The molecule has 0 saturated carbocycles. The lowest BCUT2D eigenvalue weighted by molar-refractivity contribution is 0.0945. The van der Waals surface area contributed by atoms with Crippen molar-refractivity contribution >= 4 is 5.91 Å². The number of rotatable bonds is 6. The quantitative estimate of drug-likeness (QED) is 0.441. The van der Waals surface area contributed by atoms with Gasteiger partial charge < -0.3 is 19.6 Å². The van der Waals surface area contributed by atoms with Crippen molar-refractivity contribution in [1.29, 1.82) is 0 Å². The smallest absolute Gasteiger partial charge is 0.271 e. The molecule has 4 aromatic rings. The normalized spacial score (nSPS) is 10.8. The highest BCUT2D eigenvalue weighted by Crippen LogP contribution is 2.31. The van der Waals surface area contributed by atoms with E-state index in [1.807, 2.05) is 6.07 Å². The Labute approximate surface area is 176 Å². The minimum Gasteiger partial charge on any atom is -0.504 e. The molecular weight excluding hydrogens is 400 g/mol. The first-order valence-electron chi connectivity index (χ1n) is 9.45. The van der Waals surface area contributed by atoms with Gasteiger partial charge >= 0.3 is 0 Å². The maximum Gasteiger partial charge on any atom is 0.271 e. The lowest BCUT2D eigenvalue weighted by atomic mass is 10.2. The topological polar surface area (TPSA) is 122 Å². The molecule has 31 heavy (non-hydrogen) atoms. The third kappa shape index (κ3) is 4.06. The fraction of sp³-hybridized carbons (Fsp3) is 0.136. The Morgan fingerprint density at radius 2 is 2.00 bits per heavy atom. The molecule has 0 unspecified atom stereocenters. The maximum absolute atomic E-state index is 12.5. The largest absolute Gasteiger partial charge is 0.504 e. The molecule has 0 aliphatic heterocycles. The van der Waals surface area contributed by atoms with E-state index < -0.39 is 5.91 Å². The van der Waals surface area contributed by atoms with Crippen LogP contribution in [0.2, 0.25) is 0 Å². The van der Waals surface area contributed by atoms with Crippen LogP contribution in [-0.4, -0.2) is 32.9 Å². The number of carbonyl (C=O) groups is 1. The zero-order valence-corrected chi connectivity index (χ0v) is 16.9. The second kappa shape index (κ2) is 8.23. The lowest BCUT2D eigenvalue weighted by Gasteiger charge is -2.03. The second-order valence-corrected chi connectivity index (χ2v) is 6.77. The number of H-pyrrole nitrogens is 1. The third-order valence-corrected chi connectivity index (χ3v) is 4.71. The Morgan fingerprint density at radius 1 is 1.23 bits per heavy atom. The number of aryl methyl sites for hydroxylation is 1. The molecule has 0 bridgehead atoms. The van der Waals surface area contributed by atoms with Crippen LogP contribution in [0.1, 0.15) is 21.9 Å². The Morgan fingerprint density at radius 3 is 2.71 bits per heavy atom. The number of amides is 1. The summed E-state index contributed by atoms with van der Waals surface area (Å²) >= 11 is 0. The molecule has 0 fully saturated rings. The molecule has 0 aliphatic carbocycles. The fourth-order valence-corrected chi connectivity index (χ4v) is 3.08. The van der Waals surface area contributed by atoms with E-state index in [0.717, 1.165) is 0 Å². The van der Waals surface area contributed by atoms with E-state index in [9.17, 15) is 14.7 Å². The first-order chi connectivity index (χ1) is 15.0. The number of hydrogen-bond donors (Lipinski definition) is 3. The number of phenolic OH excluding ortho intramolecular Hbond substituents is 1. The van der Waals surface area contributed by atoms with Gasteiger partial charge in [0, 0.05) is 11.6 Å². The van der Waals surface area contributed by atoms with Crippen molar-refractivity contribution in [3.8, 4) is 28.6 Å². The van der Waals surface area contributed by atoms with Crippen LogP contribution in [0.25, 0.3) is 17.1 Å². The minimum absolute atomic E-state index is 0.0300. The standard InChI is InChI=1S/C22H20N4O5/c1-13-17(24-22(31-13)14-8-9-19(30-2)18(27)10-14)12-23-21(29)16-11-20(28)26(25-16)15-6-4-3-5-7-15/h3-11,25,27H,12H2,1-2H3,(H,23,29). The molecular formula is C22H20N4O5. The van der Waals surface area contributed by atoms with Gasteiger partial charge in [0.2, 0.25) is 5.89 Å². The van der Waals surface area contributed by atoms with Gasteiger partial charge in [-0.3, -0.25) is 14.7 Å². The molecule has 0 spiro atoms. The van der Waals surface area contributed by atoms with Gasteiger partial charge in [-0.05, 0) is 37.3 Å². The van der Waals surface area contributed by atoms with Gasteiger partial charge in [-0.1, -0.05) is 18.2 Å². The molecule has 9 nitrogen and oxygen atoms in total. The van der Waals surface area contributed by atoms with E-state index in [2.05, 4.69) is 15.4 Å². The van der Waals surface area contributed by atoms with Gasteiger partial charge in [0.05, 0.1) is 19.3 Å². The fourth-order valence-electron chi connectivity index (χ4n) is 3.08. The average Bonchev–Trinajstić information content (AvgIpc) is 3.35. The van der Waals surface area contributed by atoms with Gasteiger partial charge in [-0.25, -0.2) is 9.67 Å². The van der Waals surface area contributed by atoms with Crippen molar-refractivity contribution in [3.05, 3.63) is 82.1 Å². The summed E-state index contributed by atoms with van der Waals surface area (Å²) in [4.78, 5) is 29.1. The Kier molecular flexibility index (Phi) is 5.31. The number of hydrogen-bond acceptors (Lipinski definition) is 6. The summed E-state index contributed by atoms with van der Waals surface area (Å²) in [5.41, 5.74) is 1.53. The third-order valence-electron chi connectivity index (χ3n) is 4.71. The SMILES string of the molecule is COc1ccc(-c2nc(CNC(=O)c3cc(=O)n(-c4ccccc4)[nH]3)c(C)o2)cc1O. The summed E-state index contributed by atoms with van der Waals surface area (Å²) in [6.45, 7) is 1.84. The van der Waals surface area contributed by atoms with Crippen molar-refractivity contribution in [2.75, 3.05) is 7.11 Å². The summed E-state index contributed by atoms with van der Waals surface area (Å²) in [5, 5.41) is 15.5. The highest BCUT2D eigenvalue weighted by Gasteiger charge is 2.16. The van der Waals surface area contributed by atoms with Gasteiger partial charge in [-0.15, -0.1) is 0 Å². The molecule has 1 amide bonds. The predicted octanol–water partition coefficient (Wildman–Crippen LogP) is 2.77. The highest BCUT2D eigenvalue weighted by atomic mass is 16.5. The number of nitrogens with zero attached hydrogens (tertiary/aromatic N) is 2. The summed E-state index contributed by atoms with van der Waals surface area (Å²) < 4.78 is 12.0. The van der Waals surface area contributed by atoms with E-state index in [0.29, 0.717) is 34.3 Å². The summed E-state index contributed by atoms with van der Waals surface area (Å²) in [6.07, 6.45) is 0. The van der Waals surface area contributed by atoms with Crippen LogP contribution in [0.4, 0.5) is 0 Å². The Hall–Kier alpha value is -4.27. The first kappa shape index (κ1) is 20.0. The summed E-state index contributed by atoms with van der Waals surface area (Å²) in [7, 11) is 1.46. The number of phenols is 1. The van der Waals surface area contributed by atoms with Gasteiger partial charge in [-0.2, -0.15) is 0 Å². The molecule has 2 aromatic heterocycles. The molecule has 0 saturated heterocycles. The number of methoxy groups -OCH3 is 1. The number of ether oxygens (including phenoxy) is 1. The number of aromatic amines is 1. The lowest BCUT2D eigenvalue weighted by Crippen LogP contribution is -2.24. The van der Waals surface area contributed by atoms with E-state index in [-0.39, 0.29) is 23.5 Å². The van der Waals surface area contributed by atoms with Crippen LogP contribution in [-0.2, 0) is 6.54 Å². The van der Waals surface area contributed by atoms with Crippen molar-refractivity contribution in [1.82, 2.24) is 20.1 Å². The molecule has 2 aromatic carbocycles. The van der Waals surface area contributed by atoms with Crippen molar-refractivity contribution in [2.45, 2.75) is 13.5 Å². The van der Waals surface area contributed by atoms with E-state index in [1.54, 1.807) is 43.3 Å². The summed E-state index contributed by atoms with van der Waals surface area (Å²) in [6, 6.07) is 15.0. The van der Waals surface area contributed by atoms with Crippen LogP contribution in [0.3, 0.4) is 0 Å². The van der Waals surface area contributed by atoms with Crippen LogP contribution in [0.15, 0.2) is 63.8 Å². The number of nitrogens with one attached hydrogen (secondary N) is 2. The van der Waals surface area contributed by atoms with E-state index in [1.165, 1.54) is 23.9 Å². The second-order valence-electron chi connectivity index (χ2n) is 6.77. The molecule has 0 aliphatic rings. The zero-order valence-electron chi connectivity index (χ0n) is 16.9. The zero-order chi connectivity index (χ0) is 22.0.